The molecule has 1 N–H and O–H groups in total. The summed E-state index contributed by atoms with van der Waals surface area (Å²) < 4.78 is 25.3. The normalized spacial score (nSPS) is 28.2. The highest BCUT2D eigenvalue weighted by atomic mass is 35.5. The fraction of sp³-hybridized carbons (Fsp3) is 1.00. The van der Waals surface area contributed by atoms with Crippen molar-refractivity contribution in [2.45, 2.75) is 32.3 Å². The van der Waals surface area contributed by atoms with Crippen LogP contribution in [0.5, 0.6) is 0 Å². The third-order valence-corrected chi connectivity index (χ3v) is 5.19. The summed E-state index contributed by atoms with van der Waals surface area (Å²) in [6.45, 7) is 2.75. The molecule has 1 heterocycles. The Bertz CT molecular complexity index is 307. The van der Waals surface area contributed by atoms with Crippen LogP contribution in [0.25, 0.3) is 0 Å². The van der Waals surface area contributed by atoms with Gasteiger partial charge in [0.05, 0.1) is 11.9 Å². The molecule has 4 nitrogen and oxygen atoms in total. The van der Waals surface area contributed by atoms with E-state index >= 15 is 0 Å². The minimum atomic E-state index is -3.15. The number of hydrogen-bond acceptors (Lipinski definition) is 3. The number of halogens is 1. The lowest BCUT2D eigenvalue weighted by atomic mass is 9.99. The molecule has 0 amide bonds. The zero-order valence-electron chi connectivity index (χ0n) is 9.60. The van der Waals surface area contributed by atoms with Crippen LogP contribution in [0.4, 0.5) is 0 Å². The number of aliphatic hydroxyl groups is 1. The first-order valence-electron chi connectivity index (χ1n) is 5.69. The molecule has 0 saturated carbocycles. The zero-order valence-corrected chi connectivity index (χ0v) is 11.2. The SMILES string of the molecule is CC1CN(S(=O)(=O)CCCCCl)CCC1O. The molecule has 0 radical (unpaired) electrons. The van der Waals surface area contributed by atoms with Crippen LogP contribution in [-0.2, 0) is 10.0 Å². The van der Waals surface area contributed by atoms with Crippen molar-refractivity contribution in [1.29, 1.82) is 0 Å². The predicted molar refractivity (Wildman–Crippen MR) is 65.1 cm³/mol. The second kappa shape index (κ2) is 6.19. The van der Waals surface area contributed by atoms with Crippen molar-refractivity contribution in [3.63, 3.8) is 0 Å². The third-order valence-electron chi connectivity index (χ3n) is 3.00. The Hall–Kier alpha value is 0.160. The Morgan fingerprint density at radius 2 is 2.12 bits per heavy atom. The summed E-state index contributed by atoms with van der Waals surface area (Å²) >= 11 is 5.52. The van der Waals surface area contributed by atoms with Gasteiger partial charge in [0.15, 0.2) is 0 Å². The summed E-state index contributed by atoms with van der Waals surface area (Å²) in [7, 11) is -3.15. The second-order valence-corrected chi connectivity index (χ2v) is 6.87. The smallest absolute Gasteiger partial charge is 0.214 e. The van der Waals surface area contributed by atoms with E-state index in [-0.39, 0.29) is 17.8 Å². The van der Waals surface area contributed by atoms with Crippen LogP contribution < -0.4 is 0 Å². The third kappa shape index (κ3) is 3.87. The number of nitrogens with zero attached hydrogens (tertiary/aromatic N) is 1. The maximum absolute atomic E-state index is 11.9. The minimum Gasteiger partial charge on any atom is -0.393 e. The number of alkyl halides is 1. The van der Waals surface area contributed by atoms with E-state index in [1.54, 1.807) is 0 Å². The first kappa shape index (κ1) is 14.2. The first-order chi connectivity index (χ1) is 7.47. The van der Waals surface area contributed by atoms with Crippen LogP contribution in [0.2, 0.25) is 0 Å². The number of rotatable bonds is 5. The summed E-state index contributed by atoms with van der Waals surface area (Å²) in [5.74, 6) is 0.698. The summed E-state index contributed by atoms with van der Waals surface area (Å²) in [5, 5.41) is 9.54. The van der Waals surface area contributed by atoms with Gasteiger partial charge in [0.25, 0.3) is 0 Å². The van der Waals surface area contributed by atoms with Crippen LogP contribution in [0, 0.1) is 5.92 Å². The highest BCUT2D eigenvalue weighted by Gasteiger charge is 2.30. The first-order valence-corrected chi connectivity index (χ1v) is 7.83. The van der Waals surface area contributed by atoms with Gasteiger partial charge < -0.3 is 5.11 Å². The number of hydrogen-bond donors (Lipinski definition) is 1. The summed E-state index contributed by atoms with van der Waals surface area (Å²) in [6.07, 6.45) is 1.51. The standard InChI is InChI=1S/C10H20ClNO3S/c1-9-8-12(6-4-10(9)13)16(14,15)7-3-2-5-11/h9-10,13H,2-8H2,1H3. The molecule has 1 rings (SSSR count). The summed E-state index contributed by atoms with van der Waals surface area (Å²) in [4.78, 5) is 0. The van der Waals surface area contributed by atoms with Crippen molar-refractivity contribution in [3.8, 4) is 0 Å². The van der Waals surface area contributed by atoms with Gasteiger partial charge >= 0.3 is 0 Å². The summed E-state index contributed by atoms with van der Waals surface area (Å²) in [6, 6.07) is 0. The Morgan fingerprint density at radius 1 is 1.44 bits per heavy atom. The van der Waals surface area contributed by atoms with Crippen molar-refractivity contribution >= 4 is 21.6 Å². The van der Waals surface area contributed by atoms with Gasteiger partial charge in [0, 0.05) is 19.0 Å². The van der Waals surface area contributed by atoms with Crippen molar-refractivity contribution in [3.05, 3.63) is 0 Å². The van der Waals surface area contributed by atoms with Crippen molar-refractivity contribution in [2.75, 3.05) is 24.7 Å². The molecule has 1 aliphatic heterocycles. The average Bonchev–Trinajstić information content (AvgIpc) is 2.22. The molecular formula is C10H20ClNO3S. The second-order valence-electron chi connectivity index (χ2n) is 4.40. The minimum absolute atomic E-state index is 0.0246. The zero-order chi connectivity index (χ0) is 12.2. The van der Waals surface area contributed by atoms with Gasteiger partial charge in [-0.25, -0.2) is 12.7 Å². The van der Waals surface area contributed by atoms with E-state index in [1.165, 1.54) is 4.31 Å². The Balaban J connectivity index is 2.49. The molecule has 0 aromatic rings. The molecule has 0 aliphatic carbocycles. The molecule has 1 fully saturated rings. The van der Waals surface area contributed by atoms with E-state index in [9.17, 15) is 13.5 Å². The van der Waals surface area contributed by atoms with E-state index in [0.717, 1.165) is 6.42 Å². The number of unbranched alkanes of at least 4 members (excludes halogenated alkanes) is 1. The lowest BCUT2D eigenvalue weighted by molar-refractivity contribution is 0.0629. The Kier molecular flexibility index (Phi) is 5.50. The Morgan fingerprint density at radius 3 is 2.69 bits per heavy atom. The molecule has 6 heteroatoms. The molecule has 1 saturated heterocycles. The molecule has 1 aliphatic rings. The molecule has 2 unspecified atom stereocenters. The van der Waals surface area contributed by atoms with Gasteiger partial charge in [-0.05, 0) is 25.2 Å². The maximum atomic E-state index is 11.9. The summed E-state index contributed by atoms with van der Waals surface area (Å²) in [5.41, 5.74) is 0. The van der Waals surface area contributed by atoms with Crippen LogP contribution in [-0.4, -0.2) is 48.7 Å². The van der Waals surface area contributed by atoms with Gasteiger partial charge in [-0.3, -0.25) is 0 Å². The van der Waals surface area contributed by atoms with E-state index in [1.807, 2.05) is 6.92 Å². The van der Waals surface area contributed by atoms with Crippen molar-refractivity contribution in [2.24, 2.45) is 5.92 Å². The molecule has 2 atom stereocenters. The average molecular weight is 270 g/mol. The number of aliphatic hydroxyl groups excluding tert-OH is 1. The van der Waals surface area contributed by atoms with E-state index in [4.69, 9.17) is 11.6 Å². The largest absolute Gasteiger partial charge is 0.393 e. The quantitative estimate of drug-likeness (QED) is 0.599. The van der Waals surface area contributed by atoms with Gasteiger partial charge in [-0.2, -0.15) is 0 Å². The van der Waals surface area contributed by atoms with Crippen LogP contribution in [0.3, 0.4) is 0 Å². The highest BCUT2D eigenvalue weighted by Crippen LogP contribution is 2.20. The van der Waals surface area contributed by atoms with Crippen LogP contribution >= 0.6 is 11.6 Å². The Labute approximate surface area is 103 Å². The van der Waals surface area contributed by atoms with Crippen LogP contribution in [0.15, 0.2) is 0 Å². The highest BCUT2D eigenvalue weighted by molar-refractivity contribution is 7.89. The van der Waals surface area contributed by atoms with E-state index < -0.39 is 10.0 Å². The topological polar surface area (TPSA) is 57.6 Å². The predicted octanol–water partition coefficient (Wildman–Crippen LogP) is 1.04. The van der Waals surface area contributed by atoms with Crippen LogP contribution in [0.1, 0.15) is 26.2 Å². The fourth-order valence-corrected chi connectivity index (χ4v) is 3.72. The maximum Gasteiger partial charge on any atom is 0.214 e. The van der Waals surface area contributed by atoms with Gasteiger partial charge in [-0.15, -0.1) is 11.6 Å². The van der Waals surface area contributed by atoms with E-state index in [0.29, 0.717) is 31.8 Å². The molecule has 0 aromatic heterocycles. The molecular weight excluding hydrogens is 250 g/mol. The lowest BCUT2D eigenvalue weighted by Gasteiger charge is -2.33. The monoisotopic (exact) mass is 269 g/mol. The van der Waals surface area contributed by atoms with Crippen molar-refractivity contribution in [1.82, 2.24) is 4.31 Å². The van der Waals surface area contributed by atoms with Gasteiger partial charge in [0.2, 0.25) is 10.0 Å². The number of sulfonamides is 1. The van der Waals surface area contributed by atoms with Gasteiger partial charge in [-0.1, -0.05) is 6.92 Å². The van der Waals surface area contributed by atoms with Crippen molar-refractivity contribution < 1.29 is 13.5 Å². The van der Waals surface area contributed by atoms with Gasteiger partial charge in [0.1, 0.15) is 0 Å². The molecule has 0 bridgehead atoms. The molecule has 96 valence electrons. The molecule has 0 aromatic carbocycles. The van der Waals surface area contributed by atoms with E-state index in [2.05, 4.69) is 0 Å². The fourth-order valence-electron chi connectivity index (χ4n) is 1.86. The molecule has 0 spiro atoms. The lowest BCUT2D eigenvalue weighted by Crippen LogP contribution is -2.45. The number of piperidine rings is 1. The molecule has 16 heavy (non-hydrogen) atoms.